The number of hydrogen-bond donors (Lipinski definition) is 1. The Hall–Kier alpha value is -0.710. The van der Waals surface area contributed by atoms with Gasteiger partial charge in [0.1, 0.15) is 0 Å². The molecule has 0 aromatic heterocycles. The van der Waals surface area contributed by atoms with Gasteiger partial charge in [-0.25, -0.2) is 0 Å². The zero-order valence-corrected chi connectivity index (χ0v) is 10.8. The first-order valence-electron chi connectivity index (χ1n) is 4.70. The summed E-state index contributed by atoms with van der Waals surface area (Å²) in [5.41, 5.74) is 4.61. The fourth-order valence-corrected chi connectivity index (χ4v) is 1.75. The lowest BCUT2D eigenvalue weighted by molar-refractivity contribution is -0.137. The third-order valence-corrected chi connectivity index (χ3v) is 2.96. The Morgan fingerprint density at radius 2 is 1.62 bits per heavy atom. The van der Waals surface area contributed by atoms with E-state index in [1.54, 1.807) is 6.07 Å². The summed E-state index contributed by atoms with van der Waals surface area (Å²) in [6, 6.07) is 2.74. The molecular formula is C11H13BrF3N. The summed E-state index contributed by atoms with van der Waals surface area (Å²) in [5, 5.41) is 0. The lowest BCUT2D eigenvalue weighted by atomic mass is 9.86. The maximum atomic E-state index is 12.7. The van der Waals surface area contributed by atoms with Crippen molar-refractivity contribution in [2.45, 2.75) is 32.4 Å². The van der Waals surface area contributed by atoms with Gasteiger partial charge in [-0.05, 0) is 39.0 Å². The summed E-state index contributed by atoms with van der Waals surface area (Å²) in [4.78, 5) is 0. The van der Waals surface area contributed by atoms with Crippen molar-refractivity contribution in [3.05, 3.63) is 27.7 Å². The summed E-state index contributed by atoms with van der Waals surface area (Å²) < 4.78 is 38.4. The highest BCUT2D eigenvalue weighted by atomic mass is 79.9. The number of nitrogens with two attached hydrogens (primary N) is 1. The molecule has 1 nitrogen and oxygen atoms in total. The average Bonchev–Trinajstić information content (AvgIpc) is 2.05. The van der Waals surface area contributed by atoms with Crippen molar-refractivity contribution in [3.8, 4) is 0 Å². The van der Waals surface area contributed by atoms with Gasteiger partial charge in [0.05, 0.1) is 11.3 Å². The first-order chi connectivity index (χ1) is 7.03. The molecule has 0 saturated heterocycles. The Kier molecular flexibility index (Phi) is 3.29. The fourth-order valence-electron chi connectivity index (χ4n) is 1.29. The van der Waals surface area contributed by atoms with Gasteiger partial charge in [-0.15, -0.1) is 0 Å². The van der Waals surface area contributed by atoms with E-state index in [9.17, 15) is 13.2 Å². The van der Waals surface area contributed by atoms with Crippen LogP contribution in [0.15, 0.2) is 16.6 Å². The molecule has 1 rings (SSSR count). The molecule has 2 N–H and O–H groups in total. The molecule has 0 heterocycles. The smallest absolute Gasteiger partial charge is 0.397 e. The Balaban J connectivity index is 3.46. The number of rotatable bonds is 0. The molecule has 0 amide bonds. The highest BCUT2D eigenvalue weighted by Gasteiger charge is 2.35. The van der Waals surface area contributed by atoms with Crippen molar-refractivity contribution in [3.63, 3.8) is 0 Å². The van der Waals surface area contributed by atoms with Crippen LogP contribution in [0.2, 0.25) is 0 Å². The maximum Gasteiger partial charge on any atom is 0.418 e. The average molecular weight is 296 g/mol. The van der Waals surface area contributed by atoms with Crippen LogP contribution in [0.4, 0.5) is 18.9 Å². The summed E-state index contributed by atoms with van der Waals surface area (Å²) >= 11 is 3.06. The van der Waals surface area contributed by atoms with Crippen molar-refractivity contribution < 1.29 is 13.2 Å². The first-order valence-corrected chi connectivity index (χ1v) is 5.49. The molecule has 0 saturated carbocycles. The number of halogens is 4. The zero-order chi connectivity index (χ0) is 12.7. The topological polar surface area (TPSA) is 26.0 Å². The molecule has 5 heteroatoms. The summed E-state index contributed by atoms with van der Waals surface area (Å²) in [5.74, 6) is 0. The van der Waals surface area contributed by atoms with Gasteiger partial charge >= 0.3 is 6.18 Å². The van der Waals surface area contributed by atoms with Gasteiger partial charge in [0, 0.05) is 4.47 Å². The van der Waals surface area contributed by atoms with Crippen LogP contribution in [0.25, 0.3) is 0 Å². The molecule has 1 aromatic rings. The molecule has 0 spiro atoms. The molecule has 0 atom stereocenters. The molecule has 0 radical (unpaired) electrons. The Bertz CT molecular complexity index is 405. The van der Waals surface area contributed by atoms with Crippen molar-refractivity contribution in [1.82, 2.24) is 0 Å². The highest BCUT2D eigenvalue weighted by Crippen LogP contribution is 2.40. The normalized spacial score (nSPS) is 12.9. The summed E-state index contributed by atoms with van der Waals surface area (Å²) in [6.07, 6.45) is -4.42. The minimum Gasteiger partial charge on any atom is -0.397 e. The maximum absolute atomic E-state index is 12.7. The van der Waals surface area contributed by atoms with Crippen molar-refractivity contribution in [2.24, 2.45) is 0 Å². The van der Waals surface area contributed by atoms with Gasteiger partial charge < -0.3 is 5.73 Å². The summed E-state index contributed by atoms with van der Waals surface area (Å²) in [6.45, 7) is 5.56. The third kappa shape index (κ3) is 2.70. The van der Waals surface area contributed by atoms with E-state index >= 15 is 0 Å². The van der Waals surface area contributed by atoms with Crippen LogP contribution < -0.4 is 5.73 Å². The highest BCUT2D eigenvalue weighted by molar-refractivity contribution is 9.10. The second kappa shape index (κ2) is 3.95. The fraction of sp³-hybridized carbons (Fsp3) is 0.455. The van der Waals surface area contributed by atoms with E-state index in [4.69, 9.17) is 5.73 Å². The van der Waals surface area contributed by atoms with E-state index in [0.717, 1.165) is 6.07 Å². The Morgan fingerprint density at radius 1 is 1.12 bits per heavy atom. The van der Waals surface area contributed by atoms with Crippen molar-refractivity contribution >= 4 is 21.6 Å². The number of nitrogen functional groups attached to an aromatic ring is 1. The first kappa shape index (κ1) is 13.4. The second-order valence-corrected chi connectivity index (χ2v) is 5.52. The van der Waals surface area contributed by atoms with Gasteiger partial charge in [-0.2, -0.15) is 13.2 Å². The van der Waals surface area contributed by atoms with E-state index in [0.29, 0.717) is 5.56 Å². The van der Waals surface area contributed by atoms with Crippen molar-refractivity contribution in [1.29, 1.82) is 0 Å². The molecule has 0 aliphatic carbocycles. The minimum absolute atomic E-state index is 0.263. The monoisotopic (exact) mass is 295 g/mol. The van der Waals surface area contributed by atoms with Crippen molar-refractivity contribution in [2.75, 3.05) is 5.73 Å². The lowest BCUT2D eigenvalue weighted by Gasteiger charge is -2.22. The zero-order valence-electron chi connectivity index (χ0n) is 9.24. The summed E-state index contributed by atoms with van der Waals surface area (Å²) in [7, 11) is 0. The lowest BCUT2D eigenvalue weighted by Crippen LogP contribution is -2.16. The van der Waals surface area contributed by atoms with Crippen LogP contribution in [-0.2, 0) is 11.6 Å². The van der Waals surface area contributed by atoms with Crippen LogP contribution in [-0.4, -0.2) is 0 Å². The van der Waals surface area contributed by atoms with Gasteiger partial charge in [-0.3, -0.25) is 0 Å². The minimum atomic E-state index is -4.42. The van der Waals surface area contributed by atoms with Gasteiger partial charge in [0.25, 0.3) is 0 Å². The molecule has 90 valence electrons. The van der Waals surface area contributed by atoms with Gasteiger partial charge in [0.2, 0.25) is 0 Å². The van der Waals surface area contributed by atoms with E-state index in [1.807, 2.05) is 20.8 Å². The molecule has 0 unspecified atom stereocenters. The van der Waals surface area contributed by atoms with E-state index < -0.39 is 11.7 Å². The van der Waals surface area contributed by atoms with E-state index in [2.05, 4.69) is 15.9 Å². The molecule has 0 fully saturated rings. The van der Waals surface area contributed by atoms with E-state index in [1.165, 1.54) is 0 Å². The van der Waals surface area contributed by atoms with Crippen LogP contribution in [0.3, 0.4) is 0 Å². The van der Waals surface area contributed by atoms with Crippen LogP contribution in [0.1, 0.15) is 31.9 Å². The third-order valence-electron chi connectivity index (χ3n) is 2.30. The second-order valence-electron chi connectivity index (χ2n) is 4.67. The SMILES string of the molecule is CC(C)(C)c1cc(Br)c(N)c(C(F)(F)F)c1. The van der Waals surface area contributed by atoms with Gasteiger partial charge in [-0.1, -0.05) is 20.8 Å². The standard InChI is InChI=1S/C11H13BrF3N/c1-10(2,3)6-4-7(11(13,14)15)9(16)8(12)5-6/h4-5H,16H2,1-3H3. The van der Waals surface area contributed by atoms with Crippen LogP contribution in [0, 0.1) is 0 Å². The van der Waals surface area contributed by atoms with Gasteiger partial charge in [0.15, 0.2) is 0 Å². The van der Waals surface area contributed by atoms with Crippen LogP contribution in [0.5, 0.6) is 0 Å². The van der Waals surface area contributed by atoms with Crippen LogP contribution >= 0.6 is 15.9 Å². The molecule has 0 bridgehead atoms. The molecule has 0 aliphatic heterocycles. The quantitative estimate of drug-likeness (QED) is 0.708. The predicted octanol–water partition coefficient (Wildman–Crippen LogP) is 4.35. The number of benzene rings is 1. The molecule has 16 heavy (non-hydrogen) atoms. The molecular weight excluding hydrogens is 283 g/mol. The predicted molar refractivity (Wildman–Crippen MR) is 62.3 cm³/mol. The van der Waals surface area contributed by atoms with E-state index in [-0.39, 0.29) is 15.6 Å². The Morgan fingerprint density at radius 3 is 2.00 bits per heavy atom. The number of hydrogen-bond acceptors (Lipinski definition) is 1. The molecule has 1 aromatic carbocycles. The number of alkyl halides is 3. The Labute approximate surface area is 101 Å². The number of anilines is 1. The molecule has 0 aliphatic rings. The largest absolute Gasteiger partial charge is 0.418 e.